The Labute approximate surface area is 83.5 Å². The van der Waals surface area contributed by atoms with Crippen LogP contribution >= 0.6 is 0 Å². The quantitative estimate of drug-likeness (QED) is 0.550. The van der Waals surface area contributed by atoms with E-state index >= 15 is 0 Å². The average molecular weight is 203 g/mol. The van der Waals surface area contributed by atoms with E-state index in [1.165, 1.54) is 0 Å². The van der Waals surface area contributed by atoms with Gasteiger partial charge in [0, 0.05) is 6.42 Å². The Bertz CT molecular complexity index is 207. The van der Waals surface area contributed by atoms with Crippen LogP contribution in [0.15, 0.2) is 0 Å². The van der Waals surface area contributed by atoms with Gasteiger partial charge in [-0.15, -0.1) is 0 Å². The second-order valence-electron chi connectivity index (χ2n) is 3.86. The molecule has 5 nitrogen and oxygen atoms in total. The first kappa shape index (κ1) is 12.7. The molecule has 0 heterocycles. The summed E-state index contributed by atoms with van der Waals surface area (Å²) in [6.45, 7) is 5.54. The van der Waals surface area contributed by atoms with Gasteiger partial charge in [-0.05, 0) is 27.2 Å². The Kier molecular flexibility index (Phi) is 4.97. The highest BCUT2D eigenvalue weighted by Gasteiger charge is 2.15. The van der Waals surface area contributed by atoms with Gasteiger partial charge < -0.3 is 15.2 Å². The lowest BCUT2D eigenvalue weighted by atomic mass is 10.2. The van der Waals surface area contributed by atoms with Crippen LogP contribution in [0.1, 0.15) is 33.6 Å². The smallest absolute Gasteiger partial charge is 0.404 e. The number of nitrogens with two attached hydrogens (primary N) is 1. The van der Waals surface area contributed by atoms with Gasteiger partial charge in [0.2, 0.25) is 0 Å². The third-order valence-electron chi connectivity index (χ3n) is 1.19. The molecule has 0 aliphatic rings. The van der Waals surface area contributed by atoms with Crippen LogP contribution in [-0.2, 0) is 14.3 Å². The fourth-order valence-electron chi connectivity index (χ4n) is 0.782. The highest BCUT2D eigenvalue weighted by molar-refractivity contribution is 5.69. The molecular formula is C9H17NO4. The maximum atomic E-state index is 11.1. The van der Waals surface area contributed by atoms with Crippen molar-refractivity contribution in [2.24, 2.45) is 5.73 Å². The fraction of sp³-hybridized carbons (Fsp3) is 0.778. The van der Waals surface area contributed by atoms with Crippen LogP contribution in [0.4, 0.5) is 4.79 Å². The summed E-state index contributed by atoms with van der Waals surface area (Å²) in [6.07, 6.45) is -0.170. The zero-order valence-corrected chi connectivity index (χ0v) is 8.83. The molecule has 82 valence electrons. The third kappa shape index (κ3) is 8.83. The Morgan fingerprint density at radius 1 is 1.29 bits per heavy atom. The van der Waals surface area contributed by atoms with Gasteiger partial charge in [0.25, 0.3) is 0 Å². The van der Waals surface area contributed by atoms with Gasteiger partial charge in [-0.2, -0.15) is 0 Å². The highest BCUT2D eigenvalue weighted by atomic mass is 16.6. The molecule has 1 amide bonds. The molecule has 0 saturated carbocycles. The largest absolute Gasteiger partial charge is 0.460 e. The first-order valence-electron chi connectivity index (χ1n) is 4.45. The molecule has 2 N–H and O–H groups in total. The fourth-order valence-corrected chi connectivity index (χ4v) is 0.782. The van der Waals surface area contributed by atoms with Crippen molar-refractivity contribution in [3.8, 4) is 0 Å². The molecule has 0 fully saturated rings. The summed E-state index contributed by atoms with van der Waals surface area (Å²) in [5, 5.41) is 0. The van der Waals surface area contributed by atoms with Gasteiger partial charge in [-0.1, -0.05) is 0 Å². The zero-order chi connectivity index (χ0) is 11.2. The number of hydrogen-bond acceptors (Lipinski definition) is 4. The van der Waals surface area contributed by atoms with Crippen LogP contribution in [0.5, 0.6) is 0 Å². The molecule has 0 aromatic carbocycles. The zero-order valence-electron chi connectivity index (χ0n) is 8.83. The van der Waals surface area contributed by atoms with E-state index in [2.05, 4.69) is 4.74 Å². The maximum absolute atomic E-state index is 11.1. The average Bonchev–Trinajstić information content (AvgIpc) is 1.94. The highest BCUT2D eigenvalue weighted by Crippen LogP contribution is 2.08. The molecule has 0 radical (unpaired) electrons. The first-order valence-corrected chi connectivity index (χ1v) is 4.45. The van der Waals surface area contributed by atoms with E-state index in [4.69, 9.17) is 10.5 Å². The van der Waals surface area contributed by atoms with E-state index in [1.54, 1.807) is 20.8 Å². The van der Waals surface area contributed by atoms with Crippen LogP contribution in [0.25, 0.3) is 0 Å². The molecule has 0 aliphatic carbocycles. The van der Waals surface area contributed by atoms with Crippen LogP contribution in [0.3, 0.4) is 0 Å². The number of primary amides is 1. The number of rotatable bonds is 4. The molecule has 0 aliphatic heterocycles. The van der Waals surface area contributed by atoms with E-state index in [-0.39, 0.29) is 19.0 Å². The number of hydrogen-bond donors (Lipinski definition) is 1. The van der Waals surface area contributed by atoms with Crippen molar-refractivity contribution in [3.63, 3.8) is 0 Å². The molecule has 0 bridgehead atoms. The van der Waals surface area contributed by atoms with Gasteiger partial charge in [0.15, 0.2) is 0 Å². The monoisotopic (exact) mass is 203 g/mol. The standard InChI is InChI=1S/C9H17NO4/c1-9(2,3)14-7(11)5-4-6-13-8(10)12/h4-6H2,1-3H3,(H2,10,12). The van der Waals surface area contributed by atoms with Gasteiger partial charge in [0.05, 0.1) is 6.61 Å². The minimum absolute atomic E-state index is 0.147. The Balaban J connectivity index is 3.50. The van der Waals surface area contributed by atoms with Crippen molar-refractivity contribution in [2.45, 2.75) is 39.2 Å². The van der Waals surface area contributed by atoms with Gasteiger partial charge in [-0.3, -0.25) is 4.79 Å². The van der Waals surface area contributed by atoms with Crippen LogP contribution < -0.4 is 5.73 Å². The van der Waals surface area contributed by atoms with Gasteiger partial charge in [0.1, 0.15) is 5.60 Å². The Hall–Kier alpha value is -1.26. The SMILES string of the molecule is CC(C)(C)OC(=O)CCCOC(N)=O. The molecule has 0 aromatic rings. The van der Waals surface area contributed by atoms with Crippen LogP contribution in [0.2, 0.25) is 0 Å². The summed E-state index contributed by atoms with van der Waals surface area (Å²) in [7, 11) is 0. The first-order chi connectivity index (χ1) is 6.31. The van der Waals surface area contributed by atoms with E-state index in [0.717, 1.165) is 0 Å². The molecule has 14 heavy (non-hydrogen) atoms. The normalized spacial score (nSPS) is 10.8. The summed E-state index contributed by atoms with van der Waals surface area (Å²) < 4.78 is 9.49. The van der Waals surface area contributed by atoms with Crippen molar-refractivity contribution < 1.29 is 19.1 Å². The number of carbonyl (C=O) groups excluding carboxylic acids is 2. The molecular weight excluding hydrogens is 186 g/mol. The molecule has 0 rings (SSSR count). The van der Waals surface area contributed by atoms with Gasteiger partial charge >= 0.3 is 12.1 Å². The Morgan fingerprint density at radius 3 is 2.29 bits per heavy atom. The predicted molar refractivity (Wildman–Crippen MR) is 50.6 cm³/mol. The summed E-state index contributed by atoms with van der Waals surface area (Å²) in [5.74, 6) is -0.300. The van der Waals surface area contributed by atoms with Crippen molar-refractivity contribution in [1.29, 1.82) is 0 Å². The van der Waals surface area contributed by atoms with E-state index in [1.807, 2.05) is 0 Å². The minimum Gasteiger partial charge on any atom is -0.460 e. The molecule has 5 heteroatoms. The van der Waals surface area contributed by atoms with E-state index in [0.29, 0.717) is 6.42 Å². The second kappa shape index (κ2) is 5.47. The number of amides is 1. The summed E-state index contributed by atoms with van der Waals surface area (Å²) in [6, 6.07) is 0. The molecule has 0 saturated heterocycles. The molecule has 0 aromatic heterocycles. The molecule has 0 spiro atoms. The summed E-state index contributed by atoms with van der Waals surface area (Å²) >= 11 is 0. The third-order valence-corrected chi connectivity index (χ3v) is 1.19. The van der Waals surface area contributed by atoms with Crippen LogP contribution in [-0.4, -0.2) is 24.3 Å². The minimum atomic E-state index is -0.825. The second-order valence-corrected chi connectivity index (χ2v) is 3.86. The van der Waals surface area contributed by atoms with Crippen molar-refractivity contribution in [2.75, 3.05) is 6.61 Å². The van der Waals surface area contributed by atoms with Crippen molar-refractivity contribution in [1.82, 2.24) is 0 Å². The molecule has 0 atom stereocenters. The molecule has 0 unspecified atom stereocenters. The number of ether oxygens (including phenoxy) is 2. The van der Waals surface area contributed by atoms with Crippen molar-refractivity contribution in [3.05, 3.63) is 0 Å². The lowest BCUT2D eigenvalue weighted by Gasteiger charge is -2.19. The van der Waals surface area contributed by atoms with Crippen LogP contribution in [0, 0.1) is 0 Å². The van der Waals surface area contributed by atoms with Crippen molar-refractivity contribution >= 4 is 12.1 Å². The topological polar surface area (TPSA) is 78.6 Å². The summed E-state index contributed by atoms with van der Waals surface area (Å²) in [4.78, 5) is 21.3. The lowest BCUT2D eigenvalue weighted by Crippen LogP contribution is -2.24. The van der Waals surface area contributed by atoms with E-state index < -0.39 is 11.7 Å². The Morgan fingerprint density at radius 2 is 1.86 bits per heavy atom. The predicted octanol–water partition coefficient (Wildman–Crippen LogP) is 1.20. The lowest BCUT2D eigenvalue weighted by molar-refractivity contribution is -0.155. The maximum Gasteiger partial charge on any atom is 0.404 e. The number of esters is 1. The van der Waals surface area contributed by atoms with E-state index in [9.17, 15) is 9.59 Å². The summed E-state index contributed by atoms with van der Waals surface area (Å²) in [5.41, 5.74) is 4.26. The number of carbonyl (C=O) groups is 2. The van der Waals surface area contributed by atoms with Gasteiger partial charge in [-0.25, -0.2) is 4.79 Å².